The molecule has 0 radical (unpaired) electrons. The molecule has 1 aromatic carbocycles. The summed E-state index contributed by atoms with van der Waals surface area (Å²) >= 11 is 0. The zero-order chi connectivity index (χ0) is 7.84. The molecule has 0 unspecified atom stereocenters. The largest absolute Gasteiger partial charge is 0.496 e. The van der Waals surface area contributed by atoms with Gasteiger partial charge in [0, 0.05) is 0 Å². The molecule has 0 spiro atoms. The van der Waals surface area contributed by atoms with Crippen LogP contribution in [0.3, 0.4) is 0 Å². The highest BCUT2D eigenvalue weighted by Crippen LogP contribution is 2.34. The second-order valence-electron chi connectivity index (χ2n) is 2.96. The third-order valence-corrected chi connectivity index (χ3v) is 2.24. The van der Waals surface area contributed by atoms with Crippen LogP contribution in [0.5, 0.6) is 5.75 Å². The molecule has 0 bridgehead atoms. The van der Waals surface area contributed by atoms with E-state index in [-0.39, 0.29) is 0 Å². The summed E-state index contributed by atoms with van der Waals surface area (Å²) in [5.41, 5.74) is 4.30. The van der Waals surface area contributed by atoms with Crippen molar-refractivity contribution >= 4 is 0 Å². The zero-order valence-electron chi connectivity index (χ0n) is 6.98. The molecular formula is C10H12O. The average Bonchev–Trinajstić information content (AvgIpc) is 2.79. The van der Waals surface area contributed by atoms with Gasteiger partial charge >= 0.3 is 0 Å². The molecule has 1 heteroatoms. The van der Waals surface area contributed by atoms with E-state index < -0.39 is 0 Å². The van der Waals surface area contributed by atoms with Gasteiger partial charge < -0.3 is 4.74 Å². The summed E-state index contributed by atoms with van der Waals surface area (Å²) in [6, 6.07) is 4.42. The topological polar surface area (TPSA) is 9.23 Å². The van der Waals surface area contributed by atoms with E-state index in [1.54, 1.807) is 7.11 Å². The third kappa shape index (κ3) is 1.01. The van der Waals surface area contributed by atoms with Crippen molar-refractivity contribution in [3.63, 3.8) is 0 Å². The predicted molar refractivity (Wildman–Crippen MR) is 45.2 cm³/mol. The van der Waals surface area contributed by atoms with E-state index in [1.807, 2.05) is 0 Å². The summed E-state index contributed by atoms with van der Waals surface area (Å²) in [4.78, 5) is 0. The lowest BCUT2D eigenvalue weighted by atomic mass is 10.1. The van der Waals surface area contributed by atoms with Crippen LogP contribution in [0, 0.1) is 0 Å². The standard InChI is InChI=1S/C10H12O/c1-3-7-4-8-5-9(8)6-10(7)11-2/h4,6H,3,5H2,1-2H3. The first kappa shape index (κ1) is 6.71. The smallest absolute Gasteiger partial charge is 0.122 e. The quantitative estimate of drug-likeness (QED) is 0.634. The number of methoxy groups -OCH3 is 1. The van der Waals surface area contributed by atoms with E-state index in [0.29, 0.717) is 0 Å². The highest BCUT2D eigenvalue weighted by molar-refractivity contribution is 5.53. The summed E-state index contributed by atoms with van der Waals surface area (Å²) in [5, 5.41) is 0. The number of ether oxygens (including phenoxy) is 1. The first-order valence-electron chi connectivity index (χ1n) is 4.03. The Bertz CT molecular complexity index is 260. The maximum absolute atomic E-state index is 5.25. The Kier molecular flexibility index (Phi) is 1.38. The molecule has 58 valence electrons. The van der Waals surface area contributed by atoms with Crippen LogP contribution in [0.15, 0.2) is 12.1 Å². The van der Waals surface area contributed by atoms with Gasteiger partial charge in [-0.25, -0.2) is 0 Å². The molecule has 0 N–H and O–H groups in total. The minimum Gasteiger partial charge on any atom is -0.496 e. The summed E-state index contributed by atoms with van der Waals surface area (Å²) in [7, 11) is 1.74. The highest BCUT2D eigenvalue weighted by atomic mass is 16.5. The molecule has 1 aromatic rings. The molecule has 0 atom stereocenters. The predicted octanol–water partition coefficient (Wildman–Crippen LogP) is 2.16. The fourth-order valence-corrected chi connectivity index (χ4v) is 1.45. The molecule has 0 aromatic heterocycles. The van der Waals surface area contributed by atoms with Crippen LogP contribution in [0.25, 0.3) is 0 Å². The van der Waals surface area contributed by atoms with Gasteiger partial charge in [-0.2, -0.15) is 0 Å². The van der Waals surface area contributed by atoms with Crippen molar-refractivity contribution < 1.29 is 4.74 Å². The van der Waals surface area contributed by atoms with Gasteiger partial charge in [0.25, 0.3) is 0 Å². The lowest BCUT2D eigenvalue weighted by molar-refractivity contribution is 0.410. The number of aryl methyl sites for hydroxylation is 1. The Morgan fingerprint density at radius 3 is 2.73 bits per heavy atom. The Labute approximate surface area is 67.0 Å². The Balaban J connectivity index is 2.45. The number of fused-ring (bicyclic) bond motifs is 1. The van der Waals surface area contributed by atoms with Gasteiger partial charge in [0.15, 0.2) is 0 Å². The molecule has 2 rings (SSSR count). The summed E-state index contributed by atoms with van der Waals surface area (Å²) < 4.78 is 5.25. The fraction of sp³-hybridized carbons (Fsp3) is 0.400. The number of rotatable bonds is 2. The molecule has 1 aliphatic carbocycles. The molecule has 0 saturated carbocycles. The van der Waals surface area contributed by atoms with Crippen molar-refractivity contribution in [3.8, 4) is 5.75 Å². The van der Waals surface area contributed by atoms with Gasteiger partial charge in [0.2, 0.25) is 0 Å². The Morgan fingerprint density at radius 1 is 1.36 bits per heavy atom. The molecular weight excluding hydrogens is 136 g/mol. The molecule has 0 aliphatic heterocycles. The maximum atomic E-state index is 5.25. The van der Waals surface area contributed by atoms with Gasteiger partial charge in [0.05, 0.1) is 7.11 Å². The molecule has 0 saturated heterocycles. The number of hydrogen-bond donors (Lipinski definition) is 0. The van der Waals surface area contributed by atoms with Gasteiger partial charge in [-0.15, -0.1) is 0 Å². The SMILES string of the molecule is CCc1cc2c(cc1OC)C2. The van der Waals surface area contributed by atoms with E-state index in [0.717, 1.165) is 12.2 Å². The van der Waals surface area contributed by atoms with Crippen molar-refractivity contribution in [1.29, 1.82) is 0 Å². The Hall–Kier alpha value is -0.980. The normalized spacial score (nSPS) is 12.5. The van der Waals surface area contributed by atoms with E-state index >= 15 is 0 Å². The third-order valence-electron chi connectivity index (χ3n) is 2.24. The van der Waals surface area contributed by atoms with Gasteiger partial charge in [-0.05, 0) is 35.6 Å². The molecule has 1 nitrogen and oxygen atoms in total. The summed E-state index contributed by atoms with van der Waals surface area (Å²) in [6.45, 7) is 2.16. The van der Waals surface area contributed by atoms with Crippen molar-refractivity contribution in [2.75, 3.05) is 7.11 Å². The van der Waals surface area contributed by atoms with Gasteiger partial charge in [-0.1, -0.05) is 13.0 Å². The molecule has 0 amide bonds. The number of benzene rings is 1. The van der Waals surface area contributed by atoms with Crippen LogP contribution >= 0.6 is 0 Å². The number of hydrogen-bond acceptors (Lipinski definition) is 1. The van der Waals surface area contributed by atoms with Crippen molar-refractivity contribution in [3.05, 3.63) is 28.8 Å². The van der Waals surface area contributed by atoms with Crippen molar-refractivity contribution in [2.45, 2.75) is 19.8 Å². The van der Waals surface area contributed by atoms with Gasteiger partial charge in [0.1, 0.15) is 5.75 Å². The second kappa shape index (κ2) is 2.26. The summed E-state index contributed by atoms with van der Waals surface area (Å²) in [5.74, 6) is 1.06. The van der Waals surface area contributed by atoms with E-state index in [9.17, 15) is 0 Å². The van der Waals surface area contributed by atoms with E-state index in [1.165, 1.54) is 23.1 Å². The second-order valence-corrected chi connectivity index (χ2v) is 2.96. The first-order chi connectivity index (χ1) is 5.35. The Morgan fingerprint density at radius 2 is 2.09 bits per heavy atom. The lowest BCUT2D eigenvalue weighted by Gasteiger charge is -2.03. The fourth-order valence-electron chi connectivity index (χ4n) is 1.45. The molecule has 0 fully saturated rings. The average molecular weight is 148 g/mol. The van der Waals surface area contributed by atoms with Crippen LogP contribution in [0.2, 0.25) is 0 Å². The molecule has 1 aliphatic rings. The van der Waals surface area contributed by atoms with Crippen molar-refractivity contribution in [2.24, 2.45) is 0 Å². The van der Waals surface area contributed by atoms with E-state index in [2.05, 4.69) is 19.1 Å². The van der Waals surface area contributed by atoms with Crippen LogP contribution in [0.4, 0.5) is 0 Å². The molecule has 0 heterocycles. The van der Waals surface area contributed by atoms with Crippen molar-refractivity contribution in [1.82, 2.24) is 0 Å². The van der Waals surface area contributed by atoms with Crippen LogP contribution in [0.1, 0.15) is 23.6 Å². The van der Waals surface area contributed by atoms with Crippen LogP contribution < -0.4 is 4.74 Å². The minimum atomic E-state index is 1.06. The zero-order valence-corrected chi connectivity index (χ0v) is 6.98. The maximum Gasteiger partial charge on any atom is 0.122 e. The monoisotopic (exact) mass is 148 g/mol. The highest BCUT2D eigenvalue weighted by Gasteiger charge is 2.19. The van der Waals surface area contributed by atoms with Crippen LogP contribution in [-0.2, 0) is 12.8 Å². The van der Waals surface area contributed by atoms with Crippen LogP contribution in [-0.4, -0.2) is 7.11 Å². The molecule has 11 heavy (non-hydrogen) atoms. The lowest BCUT2D eigenvalue weighted by Crippen LogP contribution is -1.88. The minimum absolute atomic E-state index is 1.06. The summed E-state index contributed by atoms with van der Waals surface area (Å²) in [6.07, 6.45) is 2.24. The van der Waals surface area contributed by atoms with Gasteiger partial charge in [-0.3, -0.25) is 0 Å². The first-order valence-corrected chi connectivity index (χ1v) is 4.03. The van der Waals surface area contributed by atoms with E-state index in [4.69, 9.17) is 4.74 Å².